The maximum atomic E-state index is 13.4. The zero-order valence-corrected chi connectivity index (χ0v) is 18.6. The number of nitrogens with zero attached hydrogens (tertiary/aromatic N) is 4. The molecule has 0 amide bonds. The molecular formula is C26H22N6O2. The largest absolute Gasteiger partial charge is 0.348 e. The normalized spacial score (nSPS) is 15.8. The number of aromatic nitrogens is 4. The van der Waals surface area contributed by atoms with Crippen LogP contribution in [0.25, 0.3) is 38.8 Å². The summed E-state index contributed by atoms with van der Waals surface area (Å²) in [5.74, 6) is -0.0342. The van der Waals surface area contributed by atoms with E-state index in [-0.39, 0.29) is 17.6 Å². The van der Waals surface area contributed by atoms with Gasteiger partial charge in [-0.15, -0.1) is 0 Å². The second-order valence-electron chi connectivity index (χ2n) is 8.66. The average molecular weight is 451 g/mol. The smallest absolute Gasteiger partial charge is 0.331 e. The molecule has 0 saturated carbocycles. The molecule has 1 aliphatic rings. The average Bonchev–Trinajstić information content (AvgIpc) is 3.64. The number of aryl methyl sites for hydroxylation is 1. The Bertz CT molecular complexity index is 1680. The Kier molecular flexibility index (Phi) is 4.54. The van der Waals surface area contributed by atoms with Gasteiger partial charge in [-0.2, -0.15) is 5.26 Å². The van der Waals surface area contributed by atoms with Crippen molar-refractivity contribution in [3.8, 4) is 23.0 Å². The topological polar surface area (TPSA) is 101 Å². The van der Waals surface area contributed by atoms with Crippen molar-refractivity contribution in [3.05, 3.63) is 77.1 Å². The van der Waals surface area contributed by atoms with Crippen molar-refractivity contribution in [2.75, 3.05) is 6.54 Å². The molecule has 0 spiro atoms. The van der Waals surface area contributed by atoms with Gasteiger partial charge in [0.25, 0.3) is 0 Å². The van der Waals surface area contributed by atoms with Gasteiger partial charge in [0.1, 0.15) is 11.8 Å². The number of carbonyl (C=O) groups excluding carboxylic acids is 1. The molecule has 1 aliphatic heterocycles. The summed E-state index contributed by atoms with van der Waals surface area (Å²) in [6.45, 7) is 0.819. The highest BCUT2D eigenvalue weighted by Gasteiger charge is 2.28. The molecule has 0 radical (unpaired) electrons. The van der Waals surface area contributed by atoms with Crippen molar-refractivity contribution in [2.24, 2.45) is 7.05 Å². The van der Waals surface area contributed by atoms with Gasteiger partial charge in [-0.05, 0) is 31.5 Å². The summed E-state index contributed by atoms with van der Waals surface area (Å²) in [6, 6.07) is 17.3. The number of hydrogen-bond donors (Lipinski definition) is 2. The van der Waals surface area contributed by atoms with Crippen molar-refractivity contribution >= 4 is 27.7 Å². The third-order valence-corrected chi connectivity index (χ3v) is 6.69. The molecule has 8 heteroatoms. The molecule has 0 aliphatic carbocycles. The van der Waals surface area contributed by atoms with Crippen molar-refractivity contribution in [2.45, 2.75) is 18.9 Å². The fourth-order valence-electron chi connectivity index (χ4n) is 5.11. The minimum Gasteiger partial charge on any atom is -0.348 e. The van der Waals surface area contributed by atoms with Crippen LogP contribution in [-0.4, -0.2) is 37.2 Å². The number of fused-ring (bicyclic) bond motifs is 2. The van der Waals surface area contributed by atoms with Crippen LogP contribution >= 0.6 is 0 Å². The number of hydrogen-bond acceptors (Lipinski definition) is 4. The third kappa shape index (κ3) is 2.87. The Hall–Kier alpha value is -4.35. The van der Waals surface area contributed by atoms with Gasteiger partial charge >= 0.3 is 5.69 Å². The van der Waals surface area contributed by atoms with Gasteiger partial charge in [-0.1, -0.05) is 36.4 Å². The molecule has 2 N–H and O–H groups in total. The number of nitriles is 1. The van der Waals surface area contributed by atoms with E-state index < -0.39 is 5.69 Å². The Morgan fingerprint density at radius 3 is 2.53 bits per heavy atom. The third-order valence-electron chi connectivity index (χ3n) is 6.69. The lowest BCUT2D eigenvalue weighted by Crippen LogP contribution is -2.34. The van der Waals surface area contributed by atoms with Crippen LogP contribution in [-0.2, 0) is 7.05 Å². The first-order valence-electron chi connectivity index (χ1n) is 11.3. The highest BCUT2D eigenvalue weighted by molar-refractivity contribution is 6.03. The maximum absolute atomic E-state index is 13.4. The van der Waals surface area contributed by atoms with Gasteiger partial charge in [0.05, 0.1) is 22.9 Å². The summed E-state index contributed by atoms with van der Waals surface area (Å²) in [5.41, 5.74) is 3.27. The first kappa shape index (κ1) is 20.3. The number of carbonyl (C=O) groups is 1. The lowest BCUT2D eigenvalue weighted by atomic mass is 10.1. The predicted octanol–water partition coefficient (Wildman–Crippen LogP) is 3.54. The Morgan fingerprint density at radius 2 is 1.79 bits per heavy atom. The van der Waals surface area contributed by atoms with Crippen molar-refractivity contribution in [1.82, 2.24) is 24.0 Å². The molecule has 1 atom stereocenters. The summed E-state index contributed by atoms with van der Waals surface area (Å²) >= 11 is 0. The van der Waals surface area contributed by atoms with Gasteiger partial charge < -0.3 is 9.88 Å². The van der Waals surface area contributed by atoms with Gasteiger partial charge in [0.15, 0.2) is 0 Å². The van der Waals surface area contributed by atoms with Gasteiger partial charge in [0, 0.05) is 41.3 Å². The SMILES string of the molecule is Cn1cc(-n2c(-c3cn(C(=O)[C@@H]4CCCN4)c4ccccc34)c(C#N)[nH]c2=O)c2ccccc21. The first-order valence-corrected chi connectivity index (χ1v) is 11.3. The molecule has 4 heterocycles. The second-order valence-corrected chi connectivity index (χ2v) is 8.66. The Balaban J connectivity index is 1.65. The molecule has 0 bridgehead atoms. The predicted molar refractivity (Wildman–Crippen MR) is 130 cm³/mol. The molecular weight excluding hydrogens is 428 g/mol. The van der Waals surface area contributed by atoms with E-state index in [1.807, 2.05) is 66.3 Å². The van der Waals surface area contributed by atoms with Gasteiger partial charge in [-0.25, -0.2) is 4.79 Å². The monoisotopic (exact) mass is 450 g/mol. The van der Waals surface area contributed by atoms with E-state index >= 15 is 0 Å². The molecule has 5 aromatic rings. The molecule has 2 aromatic carbocycles. The van der Waals surface area contributed by atoms with Crippen molar-refractivity contribution in [3.63, 3.8) is 0 Å². The number of rotatable bonds is 3. The summed E-state index contributed by atoms with van der Waals surface area (Å²) in [6.07, 6.45) is 5.39. The Morgan fingerprint density at radius 1 is 1.06 bits per heavy atom. The number of benzene rings is 2. The van der Waals surface area contributed by atoms with Crippen LogP contribution in [0.2, 0.25) is 0 Å². The van der Waals surface area contributed by atoms with Crippen LogP contribution in [0.5, 0.6) is 0 Å². The summed E-state index contributed by atoms with van der Waals surface area (Å²) in [4.78, 5) is 29.3. The van der Waals surface area contributed by atoms with E-state index in [2.05, 4.69) is 16.4 Å². The number of H-pyrrole nitrogens is 1. The van der Waals surface area contributed by atoms with E-state index in [1.165, 1.54) is 0 Å². The van der Waals surface area contributed by atoms with Crippen molar-refractivity contribution < 1.29 is 4.79 Å². The van der Waals surface area contributed by atoms with Crippen LogP contribution in [0.1, 0.15) is 23.3 Å². The van der Waals surface area contributed by atoms with Crippen LogP contribution in [0.4, 0.5) is 0 Å². The minimum absolute atomic E-state index is 0.0342. The fraction of sp³-hybridized carbons (Fsp3) is 0.192. The molecule has 0 unspecified atom stereocenters. The molecule has 6 rings (SSSR count). The lowest BCUT2D eigenvalue weighted by molar-refractivity contribution is 0.0875. The van der Waals surface area contributed by atoms with Gasteiger partial charge in [0.2, 0.25) is 5.91 Å². The van der Waals surface area contributed by atoms with E-state index in [0.29, 0.717) is 16.9 Å². The molecule has 1 fully saturated rings. The van der Waals surface area contributed by atoms with E-state index in [4.69, 9.17) is 0 Å². The molecule has 168 valence electrons. The fourth-order valence-corrected chi connectivity index (χ4v) is 5.11. The van der Waals surface area contributed by atoms with Crippen LogP contribution in [0.15, 0.2) is 65.7 Å². The van der Waals surface area contributed by atoms with Gasteiger partial charge in [-0.3, -0.25) is 18.9 Å². The van der Waals surface area contributed by atoms with Crippen LogP contribution in [0, 0.1) is 11.3 Å². The number of nitrogens with one attached hydrogen (secondary N) is 2. The summed E-state index contributed by atoms with van der Waals surface area (Å²) < 4.78 is 5.16. The summed E-state index contributed by atoms with van der Waals surface area (Å²) in [7, 11) is 1.92. The molecule has 3 aromatic heterocycles. The minimum atomic E-state index is -0.400. The number of aromatic amines is 1. The molecule has 8 nitrogen and oxygen atoms in total. The molecule has 34 heavy (non-hydrogen) atoms. The standard InChI is InChI=1S/C26H22N6O2/c1-30-15-23(17-8-3-4-10-21(17)30)32-24(20(13-27)29-26(32)34)18-14-31(22-11-5-2-7-16(18)22)25(33)19-9-6-12-28-19/h2-5,7-8,10-11,14-15,19,28H,6,9,12H2,1H3,(H,29,34)/t19-/m0/s1. The quantitative estimate of drug-likeness (QED) is 0.439. The van der Waals surface area contributed by atoms with Crippen LogP contribution < -0.4 is 11.0 Å². The summed E-state index contributed by atoms with van der Waals surface area (Å²) in [5, 5.41) is 14.9. The van der Waals surface area contributed by atoms with E-state index in [0.717, 1.165) is 41.2 Å². The van der Waals surface area contributed by atoms with Crippen LogP contribution in [0.3, 0.4) is 0 Å². The molecule has 1 saturated heterocycles. The second kappa shape index (κ2) is 7.61. The van der Waals surface area contributed by atoms with Crippen molar-refractivity contribution in [1.29, 1.82) is 5.26 Å². The lowest BCUT2D eigenvalue weighted by Gasteiger charge is -2.10. The maximum Gasteiger partial charge on any atom is 0.331 e. The van der Waals surface area contributed by atoms with E-state index in [1.54, 1.807) is 15.3 Å². The first-order chi connectivity index (χ1) is 16.6. The Labute approximate surface area is 194 Å². The zero-order chi connectivity index (χ0) is 23.4. The van der Waals surface area contributed by atoms with E-state index in [9.17, 15) is 14.9 Å². The zero-order valence-electron chi connectivity index (χ0n) is 18.6. The highest BCUT2D eigenvalue weighted by atomic mass is 16.2. The number of para-hydroxylation sites is 2. The number of imidazole rings is 1. The highest BCUT2D eigenvalue weighted by Crippen LogP contribution is 2.35.